The highest BCUT2D eigenvalue weighted by Gasteiger charge is 2.33. The molecule has 1 atom stereocenters. The number of Topliss-reactive ketones (excluding diaryl/α,β-unsaturated/α-hetero) is 1. The van der Waals surface area contributed by atoms with Crippen molar-refractivity contribution in [2.45, 2.75) is 19.0 Å². The van der Waals surface area contributed by atoms with Crippen molar-refractivity contribution in [1.82, 2.24) is 0 Å². The fraction of sp³-hybridized carbons (Fsp3) is 0.778. The molecule has 0 amide bonds. The summed E-state index contributed by atoms with van der Waals surface area (Å²) in [4.78, 5) is 22.2. The van der Waals surface area contributed by atoms with Gasteiger partial charge in [-0.1, -0.05) is 0 Å². The number of carbonyl (C=O) groups excluding carboxylic acids is 2. The van der Waals surface area contributed by atoms with Crippen LogP contribution in [0.25, 0.3) is 0 Å². The molecule has 1 fully saturated rings. The topological polar surface area (TPSA) is 43.4 Å². The second-order valence-electron chi connectivity index (χ2n) is 3.17. The normalized spacial score (nSPS) is 20.1. The Balaban J connectivity index is 2.50. The summed E-state index contributed by atoms with van der Waals surface area (Å²) in [5.74, 6) is -0.259. The van der Waals surface area contributed by atoms with Crippen LogP contribution in [0.4, 0.5) is 4.39 Å². The van der Waals surface area contributed by atoms with E-state index >= 15 is 0 Å². The maximum atomic E-state index is 13.1. The minimum atomic E-state index is -2.09. The van der Waals surface area contributed by atoms with Gasteiger partial charge in [-0.15, -0.1) is 0 Å². The maximum Gasteiger partial charge on any atom is 0.348 e. The molecule has 14 heavy (non-hydrogen) atoms. The fourth-order valence-corrected chi connectivity index (χ4v) is 2.52. The molecule has 0 aromatic heterocycles. The van der Waals surface area contributed by atoms with E-state index in [4.69, 9.17) is 0 Å². The largest absolute Gasteiger partial charge is 0.467 e. The average Bonchev–Trinajstić information content (AvgIpc) is 2.27. The number of halogens is 1. The third-order valence-electron chi connectivity index (χ3n) is 2.28. The van der Waals surface area contributed by atoms with Crippen molar-refractivity contribution in [1.29, 1.82) is 0 Å². The predicted octanol–water partition coefficient (Wildman–Crippen LogP) is 1.21. The van der Waals surface area contributed by atoms with Crippen LogP contribution in [0.2, 0.25) is 0 Å². The smallest absolute Gasteiger partial charge is 0.348 e. The van der Waals surface area contributed by atoms with E-state index in [0.29, 0.717) is 12.8 Å². The van der Waals surface area contributed by atoms with E-state index in [-0.39, 0.29) is 5.92 Å². The van der Waals surface area contributed by atoms with Crippen molar-refractivity contribution < 1.29 is 18.7 Å². The fourth-order valence-electron chi connectivity index (χ4n) is 1.41. The number of ether oxygens (including phenoxy) is 1. The number of esters is 1. The Bertz CT molecular complexity index is 226. The third kappa shape index (κ3) is 2.70. The minimum absolute atomic E-state index is 0.301. The van der Waals surface area contributed by atoms with Crippen molar-refractivity contribution >= 4 is 23.5 Å². The molecule has 1 unspecified atom stereocenters. The molecular formula is C9H13FO3S. The lowest BCUT2D eigenvalue weighted by Crippen LogP contribution is -2.34. The van der Waals surface area contributed by atoms with E-state index in [1.165, 1.54) is 0 Å². The monoisotopic (exact) mass is 220 g/mol. The Morgan fingerprint density at radius 3 is 2.50 bits per heavy atom. The van der Waals surface area contributed by atoms with E-state index in [2.05, 4.69) is 4.74 Å². The molecule has 3 nitrogen and oxygen atoms in total. The zero-order valence-electron chi connectivity index (χ0n) is 7.99. The van der Waals surface area contributed by atoms with Gasteiger partial charge in [-0.25, -0.2) is 9.18 Å². The molecule has 1 saturated heterocycles. The minimum Gasteiger partial charge on any atom is -0.467 e. The lowest BCUT2D eigenvalue weighted by Gasteiger charge is -2.20. The first-order valence-electron chi connectivity index (χ1n) is 4.50. The van der Waals surface area contributed by atoms with E-state index in [1.807, 2.05) is 0 Å². The summed E-state index contributed by atoms with van der Waals surface area (Å²) in [6.45, 7) is 0. The van der Waals surface area contributed by atoms with Crippen LogP contribution in [0.5, 0.6) is 0 Å². The Morgan fingerprint density at radius 1 is 1.43 bits per heavy atom. The first-order chi connectivity index (χ1) is 6.66. The number of carbonyl (C=O) groups is 2. The summed E-state index contributed by atoms with van der Waals surface area (Å²) in [5.41, 5.74) is 0. The van der Waals surface area contributed by atoms with Crippen molar-refractivity contribution in [3.8, 4) is 0 Å². The molecular weight excluding hydrogens is 207 g/mol. The predicted molar refractivity (Wildman–Crippen MR) is 52.0 cm³/mol. The van der Waals surface area contributed by atoms with Crippen LogP contribution in [-0.4, -0.2) is 36.5 Å². The number of rotatable bonds is 3. The molecule has 0 bridgehead atoms. The van der Waals surface area contributed by atoms with Gasteiger partial charge in [0.1, 0.15) is 0 Å². The van der Waals surface area contributed by atoms with E-state index in [0.717, 1.165) is 18.6 Å². The molecule has 1 rings (SSSR count). The Morgan fingerprint density at radius 2 is 2.00 bits per heavy atom. The van der Waals surface area contributed by atoms with Crippen LogP contribution < -0.4 is 0 Å². The lowest BCUT2D eigenvalue weighted by atomic mass is 9.94. The number of thioether (sulfide) groups is 1. The zero-order valence-corrected chi connectivity index (χ0v) is 8.81. The zero-order chi connectivity index (χ0) is 10.6. The van der Waals surface area contributed by atoms with Gasteiger partial charge in [0.25, 0.3) is 6.17 Å². The van der Waals surface area contributed by atoms with Crippen LogP contribution in [0.3, 0.4) is 0 Å². The molecule has 0 saturated carbocycles. The summed E-state index contributed by atoms with van der Waals surface area (Å²) in [6, 6.07) is 0. The molecule has 5 heteroatoms. The first kappa shape index (κ1) is 11.5. The van der Waals surface area contributed by atoms with Gasteiger partial charge >= 0.3 is 5.97 Å². The summed E-state index contributed by atoms with van der Waals surface area (Å²) in [6.07, 6.45) is -0.755. The van der Waals surface area contributed by atoms with Crippen molar-refractivity contribution in [3.05, 3.63) is 0 Å². The average molecular weight is 220 g/mol. The van der Waals surface area contributed by atoms with Crippen LogP contribution in [0, 0.1) is 5.92 Å². The Hall–Kier alpha value is -0.580. The lowest BCUT2D eigenvalue weighted by molar-refractivity contribution is -0.151. The van der Waals surface area contributed by atoms with Gasteiger partial charge in [-0.2, -0.15) is 11.8 Å². The quantitative estimate of drug-likeness (QED) is 0.529. The van der Waals surface area contributed by atoms with Crippen LogP contribution in [0.1, 0.15) is 12.8 Å². The van der Waals surface area contributed by atoms with E-state index in [9.17, 15) is 14.0 Å². The van der Waals surface area contributed by atoms with Gasteiger partial charge in [0, 0.05) is 5.92 Å². The highest BCUT2D eigenvalue weighted by Crippen LogP contribution is 2.25. The van der Waals surface area contributed by atoms with E-state index in [1.54, 1.807) is 11.8 Å². The Labute approximate surface area is 86.4 Å². The molecule has 0 spiro atoms. The molecule has 0 aromatic carbocycles. The summed E-state index contributed by atoms with van der Waals surface area (Å²) in [7, 11) is 1.08. The van der Waals surface area contributed by atoms with Gasteiger partial charge in [-0.05, 0) is 24.3 Å². The van der Waals surface area contributed by atoms with E-state index < -0.39 is 17.9 Å². The number of hydrogen-bond donors (Lipinski definition) is 0. The second kappa shape index (κ2) is 5.34. The van der Waals surface area contributed by atoms with Gasteiger partial charge in [-0.3, -0.25) is 4.79 Å². The van der Waals surface area contributed by atoms with Gasteiger partial charge in [0.2, 0.25) is 0 Å². The van der Waals surface area contributed by atoms with Crippen molar-refractivity contribution in [2.24, 2.45) is 5.92 Å². The molecule has 0 aromatic rings. The van der Waals surface area contributed by atoms with Gasteiger partial charge < -0.3 is 4.74 Å². The third-order valence-corrected chi connectivity index (χ3v) is 3.33. The molecule has 1 aliphatic rings. The maximum absolute atomic E-state index is 13.1. The molecule has 0 radical (unpaired) electrons. The number of hydrogen-bond acceptors (Lipinski definition) is 4. The molecule has 0 aliphatic carbocycles. The van der Waals surface area contributed by atoms with Crippen LogP contribution in [-0.2, 0) is 14.3 Å². The molecule has 1 aliphatic heterocycles. The Kier molecular flexibility index (Phi) is 4.38. The molecule has 1 heterocycles. The molecule has 0 N–H and O–H groups in total. The number of ketones is 1. The van der Waals surface area contributed by atoms with Crippen LogP contribution >= 0.6 is 11.8 Å². The summed E-state index contributed by atoms with van der Waals surface area (Å²) < 4.78 is 17.3. The SMILES string of the molecule is COC(=O)C(F)C(=O)C1CCSCC1. The first-order valence-corrected chi connectivity index (χ1v) is 5.65. The summed E-state index contributed by atoms with van der Waals surface area (Å²) >= 11 is 1.75. The highest BCUT2D eigenvalue weighted by atomic mass is 32.2. The highest BCUT2D eigenvalue weighted by molar-refractivity contribution is 7.99. The second-order valence-corrected chi connectivity index (χ2v) is 4.40. The van der Waals surface area contributed by atoms with Crippen molar-refractivity contribution in [2.75, 3.05) is 18.6 Å². The van der Waals surface area contributed by atoms with Crippen LogP contribution in [0.15, 0.2) is 0 Å². The molecule has 80 valence electrons. The standard InChI is InChI=1S/C9H13FO3S/c1-13-9(12)7(10)8(11)6-2-4-14-5-3-6/h6-7H,2-5H2,1H3. The van der Waals surface area contributed by atoms with Gasteiger partial charge in [0.15, 0.2) is 5.78 Å². The summed E-state index contributed by atoms with van der Waals surface area (Å²) in [5, 5.41) is 0. The van der Waals surface area contributed by atoms with Gasteiger partial charge in [0.05, 0.1) is 7.11 Å². The number of alkyl halides is 1. The number of methoxy groups -OCH3 is 1. The van der Waals surface area contributed by atoms with Crippen molar-refractivity contribution in [3.63, 3.8) is 0 Å².